The zero-order valence-electron chi connectivity index (χ0n) is 16.5. The van der Waals surface area contributed by atoms with Crippen LogP contribution in [0.5, 0.6) is 0 Å². The molecule has 0 aromatic heterocycles. The van der Waals surface area contributed by atoms with Gasteiger partial charge in [0.2, 0.25) is 0 Å². The first-order valence-corrected chi connectivity index (χ1v) is 10.9. The van der Waals surface area contributed by atoms with Crippen LogP contribution in [0.3, 0.4) is 0 Å². The molecule has 150 valence electrons. The van der Waals surface area contributed by atoms with E-state index in [1.165, 1.54) is 0 Å². The Bertz CT molecular complexity index is 875. The summed E-state index contributed by atoms with van der Waals surface area (Å²) in [6.45, 7) is 9.73. The van der Waals surface area contributed by atoms with Gasteiger partial charge >= 0.3 is 0 Å². The van der Waals surface area contributed by atoms with Crippen LogP contribution in [0, 0.1) is 0 Å². The Labute approximate surface area is 173 Å². The van der Waals surface area contributed by atoms with Crippen LogP contribution < -0.4 is 5.32 Å². The second kappa shape index (κ2) is 9.80. The first kappa shape index (κ1) is 22.0. The van der Waals surface area contributed by atoms with Gasteiger partial charge in [0.05, 0.1) is 12.2 Å². The molecule has 6 nitrogen and oxygen atoms in total. The normalized spacial score (nSPS) is 21.1. The molecular formula is C20H25ClN4O2S. The lowest BCUT2D eigenvalue weighted by molar-refractivity contribution is -0.122. The second-order valence-corrected chi connectivity index (χ2v) is 8.15. The number of halogens is 1. The van der Waals surface area contributed by atoms with E-state index in [1.807, 2.05) is 39.0 Å². The average molecular weight is 421 g/mol. The van der Waals surface area contributed by atoms with Crippen LogP contribution in [-0.2, 0) is 22.1 Å². The van der Waals surface area contributed by atoms with Crippen molar-refractivity contribution < 1.29 is 9.00 Å². The van der Waals surface area contributed by atoms with E-state index >= 15 is 0 Å². The number of benzene rings is 1. The molecule has 0 radical (unpaired) electrons. The number of piperazine rings is 1. The lowest BCUT2D eigenvalue weighted by Gasteiger charge is -2.35. The van der Waals surface area contributed by atoms with Gasteiger partial charge in [0.25, 0.3) is 5.91 Å². The second-order valence-electron chi connectivity index (χ2n) is 6.33. The van der Waals surface area contributed by atoms with E-state index in [0.29, 0.717) is 18.1 Å². The highest BCUT2D eigenvalue weighted by molar-refractivity contribution is 7.84. The molecular weight excluding hydrogens is 396 g/mol. The van der Waals surface area contributed by atoms with Crippen molar-refractivity contribution in [2.45, 2.75) is 44.7 Å². The van der Waals surface area contributed by atoms with Gasteiger partial charge in [0.1, 0.15) is 5.16 Å². The van der Waals surface area contributed by atoms with Crippen molar-refractivity contribution in [3.8, 4) is 0 Å². The number of nitrogens with one attached hydrogen (secondary N) is 1. The van der Waals surface area contributed by atoms with Gasteiger partial charge in [-0.1, -0.05) is 43.3 Å². The van der Waals surface area contributed by atoms with E-state index in [4.69, 9.17) is 11.6 Å². The largest absolute Gasteiger partial charge is 0.333 e. The number of allylic oxidation sites excluding steroid dienone is 1. The molecule has 1 saturated heterocycles. The van der Waals surface area contributed by atoms with Crippen LogP contribution in [0.15, 0.2) is 62.7 Å². The summed E-state index contributed by atoms with van der Waals surface area (Å²) in [7, 11) is -1.02. The minimum atomic E-state index is -1.02. The summed E-state index contributed by atoms with van der Waals surface area (Å²) in [5.74, 6) is 0.425. The van der Waals surface area contributed by atoms with E-state index in [2.05, 4.69) is 21.9 Å². The van der Waals surface area contributed by atoms with E-state index < -0.39 is 10.8 Å². The van der Waals surface area contributed by atoms with Crippen LogP contribution in [0.4, 0.5) is 0 Å². The van der Waals surface area contributed by atoms with Crippen molar-refractivity contribution in [2.24, 2.45) is 9.98 Å². The van der Waals surface area contributed by atoms with Crippen LogP contribution >= 0.6 is 11.6 Å². The maximum absolute atomic E-state index is 13.1. The third-order valence-corrected chi connectivity index (χ3v) is 5.39. The van der Waals surface area contributed by atoms with Crippen molar-refractivity contribution in [3.63, 3.8) is 0 Å². The number of hydrogen-bond donors (Lipinski definition) is 1. The minimum Gasteiger partial charge on any atom is -0.333 e. The quantitative estimate of drug-likeness (QED) is 0.715. The van der Waals surface area contributed by atoms with Crippen LogP contribution in [-0.4, -0.2) is 39.0 Å². The number of amides is 1. The Kier molecular flexibility index (Phi) is 7.71. The number of amidine groups is 2. The Morgan fingerprint density at radius 2 is 2.04 bits per heavy atom. The standard InChI is InChI=1S/C20H25ClN4O2S/c1-6-13(3)25-19(23-14(4)21)17(7-2)24-18(20(25)26)22-12-15-8-10-16(11-9-15)28(5)27/h7-11,13H,4,6,12H2,1-3,5H3,(H,22,24)/b17-7+,23-19+/t13-,28?/m1/s1. The summed E-state index contributed by atoms with van der Waals surface area (Å²) >= 11 is 5.88. The first-order valence-electron chi connectivity index (χ1n) is 8.95. The number of carbonyl (C=O) groups is 1. The fraction of sp³-hybridized carbons (Fsp3) is 0.350. The van der Waals surface area contributed by atoms with Crippen molar-refractivity contribution in [3.05, 3.63) is 53.3 Å². The smallest absolute Gasteiger partial charge is 0.295 e. The molecule has 2 atom stereocenters. The van der Waals surface area contributed by atoms with Gasteiger partial charge in [-0.3, -0.25) is 18.9 Å². The third kappa shape index (κ3) is 5.17. The topological polar surface area (TPSA) is 74.1 Å². The Morgan fingerprint density at radius 3 is 2.54 bits per heavy atom. The molecule has 0 saturated carbocycles. The summed E-state index contributed by atoms with van der Waals surface area (Å²) in [4.78, 5) is 24.1. The monoisotopic (exact) mass is 420 g/mol. The lowest BCUT2D eigenvalue weighted by Crippen LogP contribution is -2.57. The highest BCUT2D eigenvalue weighted by atomic mass is 35.5. The predicted octanol–water partition coefficient (Wildman–Crippen LogP) is 3.57. The zero-order valence-corrected chi connectivity index (χ0v) is 18.1. The fourth-order valence-corrected chi connectivity index (χ4v) is 3.26. The fourth-order valence-electron chi connectivity index (χ4n) is 2.66. The Morgan fingerprint density at radius 1 is 1.39 bits per heavy atom. The number of nitrogens with zero attached hydrogens (tertiary/aromatic N) is 3. The molecule has 28 heavy (non-hydrogen) atoms. The van der Waals surface area contributed by atoms with Crippen LogP contribution in [0.2, 0.25) is 0 Å². The molecule has 1 heterocycles. The molecule has 1 unspecified atom stereocenters. The number of carbonyl (C=O) groups excluding carboxylic acids is 1. The summed E-state index contributed by atoms with van der Waals surface area (Å²) in [5.41, 5.74) is 1.57. The molecule has 1 aromatic rings. The van der Waals surface area contributed by atoms with Gasteiger partial charge < -0.3 is 5.32 Å². The van der Waals surface area contributed by atoms with E-state index in [0.717, 1.165) is 16.9 Å². The first-order chi connectivity index (χ1) is 13.3. The van der Waals surface area contributed by atoms with E-state index in [9.17, 15) is 9.00 Å². The van der Waals surface area contributed by atoms with Crippen LogP contribution in [0.1, 0.15) is 32.8 Å². The van der Waals surface area contributed by atoms with Gasteiger partial charge in [0, 0.05) is 28.0 Å². The van der Waals surface area contributed by atoms with Crippen molar-refractivity contribution in [1.82, 2.24) is 10.2 Å². The predicted molar refractivity (Wildman–Crippen MR) is 116 cm³/mol. The Hall–Kier alpha value is -2.25. The molecule has 0 spiro atoms. The summed E-state index contributed by atoms with van der Waals surface area (Å²) in [5, 5.41) is 3.16. The highest BCUT2D eigenvalue weighted by Gasteiger charge is 2.35. The number of rotatable bonds is 6. The van der Waals surface area contributed by atoms with E-state index in [-0.39, 0.29) is 22.9 Å². The molecule has 1 amide bonds. The summed E-state index contributed by atoms with van der Waals surface area (Å²) in [6, 6.07) is 7.26. The van der Waals surface area contributed by atoms with Crippen molar-refractivity contribution in [1.29, 1.82) is 0 Å². The third-order valence-electron chi connectivity index (χ3n) is 4.37. The highest BCUT2D eigenvalue weighted by Crippen LogP contribution is 2.18. The summed E-state index contributed by atoms with van der Waals surface area (Å²) in [6.07, 6.45) is 4.21. The lowest BCUT2D eigenvalue weighted by atomic mass is 10.1. The summed E-state index contributed by atoms with van der Waals surface area (Å²) < 4.78 is 11.5. The van der Waals surface area contributed by atoms with Crippen molar-refractivity contribution in [2.75, 3.05) is 6.26 Å². The van der Waals surface area contributed by atoms with Crippen molar-refractivity contribution >= 4 is 40.0 Å². The molecule has 1 aliphatic heterocycles. The van der Waals surface area contributed by atoms with Gasteiger partial charge in [-0.05, 0) is 38.0 Å². The number of hydrogen-bond acceptors (Lipinski definition) is 4. The molecule has 1 N–H and O–H groups in total. The molecule has 8 heteroatoms. The molecule has 1 fully saturated rings. The van der Waals surface area contributed by atoms with Gasteiger partial charge in [0.15, 0.2) is 11.7 Å². The molecule has 0 bridgehead atoms. The van der Waals surface area contributed by atoms with Gasteiger partial charge in [-0.15, -0.1) is 0 Å². The molecule has 1 aromatic carbocycles. The van der Waals surface area contributed by atoms with Gasteiger partial charge in [-0.25, -0.2) is 4.99 Å². The minimum absolute atomic E-state index is 0.0802. The number of aliphatic imine (C=N–C) groups is 2. The average Bonchev–Trinajstić information content (AvgIpc) is 2.67. The Balaban J connectivity index is 2.35. The van der Waals surface area contributed by atoms with Gasteiger partial charge in [-0.2, -0.15) is 0 Å². The zero-order chi connectivity index (χ0) is 20.8. The van der Waals surface area contributed by atoms with E-state index in [1.54, 1.807) is 23.3 Å². The maximum Gasteiger partial charge on any atom is 0.295 e. The van der Waals surface area contributed by atoms with Crippen LogP contribution in [0.25, 0.3) is 0 Å². The maximum atomic E-state index is 13.1. The molecule has 2 rings (SSSR count). The molecule has 1 aliphatic rings. The molecule has 0 aliphatic carbocycles. The SMILES string of the molecule is C=C(Cl)/N=C1\C(=C/C)NC(=NCc2ccc(S(C)=O)cc2)C(=O)N1[C@H](C)CC.